The van der Waals surface area contributed by atoms with Crippen LogP contribution in [0, 0.1) is 17.1 Å². The zero-order chi connectivity index (χ0) is 23.2. The van der Waals surface area contributed by atoms with Gasteiger partial charge in [0, 0.05) is 18.7 Å². The van der Waals surface area contributed by atoms with E-state index in [1.165, 1.54) is 27.4 Å². The second kappa shape index (κ2) is 7.86. The molecule has 1 fully saturated rings. The number of fused-ring (bicyclic) bond motifs is 3. The molecule has 0 saturated carbocycles. The summed E-state index contributed by atoms with van der Waals surface area (Å²) in [6.45, 7) is 1.17. The van der Waals surface area contributed by atoms with Gasteiger partial charge in [0.2, 0.25) is 0 Å². The van der Waals surface area contributed by atoms with E-state index in [1.807, 2.05) is 6.07 Å². The van der Waals surface area contributed by atoms with Gasteiger partial charge in [-0.2, -0.15) is 10.2 Å². The second-order valence-electron chi connectivity index (χ2n) is 7.94. The third-order valence-electron chi connectivity index (χ3n) is 5.95. The highest BCUT2D eigenvalue weighted by Crippen LogP contribution is 2.28. The summed E-state index contributed by atoms with van der Waals surface area (Å²) in [7, 11) is 0. The van der Waals surface area contributed by atoms with Gasteiger partial charge in [0.05, 0.1) is 29.9 Å². The van der Waals surface area contributed by atoms with Crippen LogP contribution < -0.4 is 5.56 Å². The molecule has 11 heteroatoms. The Balaban J connectivity index is 1.62. The monoisotopic (exact) mass is 457 g/mol. The number of ether oxygens (including phenoxy) is 1. The molecule has 4 aromatic heterocycles. The molecule has 1 aliphatic rings. The number of rotatable bonds is 4. The predicted octanol–water partition coefficient (Wildman–Crippen LogP) is 2.66. The maximum absolute atomic E-state index is 14.6. The Kier molecular flexibility index (Phi) is 4.67. The quantitative estimate of drug-likeness (QED) is 0.403. The van der Waals surface area contributed by atoms with Crippen molar-refractivity contribution in [2.45, 2.75) is 18.9 Å². The molecule has 0 spiro atoms. The van der Waals surface area contributed by atoms with E-state index in [4.69, 9.17) is 9.26 Å². The first-order valence-electron chi connectivity index (χ1n) is 10.6. The molecule has 6 rings (SSSR count). The lowest BCUT2D eigenvalue weighted by Crippen LogP contribution is -2.25. The van der Waals surface area contributed by atoms with Crippen LogP contribution >= 0.6 is 0 Å². The minimum Gasteiger partial charge on any atom is -0.381 e. The van der Waals surface area contributed by atoms with E-state index in [0.29, 0.717) is 30.2 Å². The third-order valence-corrected chi connectivity index (χ3v) is 5.95. The van der Waals surface area contributed by atoms with Gasteiger partial charge in [0.1, 0.15) is 29.3 Å². The summed E-state index contributed by atoms with van der Waals surface area (Å²) in [6, 6.07) is 9.88. The molecule has 0 bridgehead atoms. The van der Waals surface area contributed by atoms with Crippen LogP contribution in [0.15, 0.2) is 52.2 Å². The zero-order valence-corrected chi connectivity index (χ0v) is 17.7. The molecule has 0 aliphatic carbocycles. The standard InChI is InChI=1S/C23H16FN7O3/c24-16-4-5-17-19(15(16)9-25)30(10-14-3-1-2-7-26-14)23(32)20-18(27-12-31(17)20)22-28-21(29-34-22)13-6-8-33-11-13/h1-5,7,12-13H,6,8,10-11H2. The summed E-state index contributed by atoms with van der Waals surface area (Å²) in [5.74, 6) is -0.0942. The molecule has 1 saturated heterocycles. The van der Waals surface area contributed by atoms with E-state index >= 15 is 0 Å². The maximum Gasteiger partial charge on any atom is 0.278 e. The number of hydrogen-bond donors (Lipinski definition) is 0. The molecule has 0 radical (unpaired) electrons. The molecular formula is C23H16FN7O3. The Bertz CT molecular complexity index is 1640. The Hall–Kier alpha value is -4.43. The van der Waals surface area contributed by atoms with Crippen molar-refractivity contribution in [3.8, 4) is 17.7 Å². The summed E-state index contributed by atoms with van der Waals surface area (Å²) in [4.78, 5) is 26.9. The van der Waals surface area contributed by atoms with Crippen molar-refractivity contribution in [1.29, 1.82) is 5.26 Å². The smallest absolute Gasteiger partial charge is 0.278 e. The van der Waals surface area contributed by atoms with Crippen molar-refractivity contribution in [1.82, 2.24) is 29.1 Å². The summed E-state index contributed by atoms with van der Waals surface area (Å²) in [6.07, 6.45) is 3.82. The van der Waals surface area contributed by atoms with Gasteiger partial charge in [-0.3, -0.25) is 18.7 Å². The molecule has 1 atom stereocenters. The van der Waals surface area contributed by atoms with Crippen LogP contribution in [-0.4, -0.2) is 42.3 Å². The first-order valence-corrected chi connectivity index (χ1v) is 10.6. The van der Waals surface area contributed by atoms with Gasteiger partial charge in [-0.25, -0.2) is 9.37 Å². The Labute approximate surface area is 190 Å². The highest BCUT2D eigenvalue weighted by Gasteiger charge is 2.27. The van der Waals surface area contributed by atoms with Crippen molar-refractivity contribution >= 4 is 16.6 Å². The molecule has 0 amide bonds. The summed E-state index contributed by atoms with van der Waals surface area (Å²) in [5.41, 5.74) is 0.834. The van der Waals surface area contributed by atoms with Crippen molar-refractivity contribution in [2.75, 3.05) is 13.2 Å². The zero-order valence-electron chi connectivity index (χ0n) is 17.7. The van der Waals surface area contributed by atoms with Crippen LogP contribution in [-0.2, 0) is 11.3 Å². The summed E-state index contributed by atoms with van der Waals surface area (Å²) < 4.78 is 28.3. The largest absolute Gasteiger partial charge is 0.381 e. The van der Waals surface area contributed by atoms with Gasteiger partial charge < -0.3 is 9.26 Å². The second-order valence-corrected chi connectivity index (χ2v) is 7.94. The van der Waals surface area contributed by atoms with E-state index in [0.717, 1.165) is 6.42 Å². The average Bonchev–Trinajstić information content (AvgIpc) is 3.62. The van der Waals surface area contributed by atoms with Gasteiger partial charge in [-0.05, 0) is 30.7 Å². The van der Waals surface area contributed by atoms with Gasteiger partial charge in [0.25, 0.3) is 11.4 Å². The normalized spacial score (nSPS) is 15.8. The number of hydrogen-bond acceptors (Lipinski definition) is 8. The van der Waals surface area contributed by atoms with E-state index < -0.39 is 11.4 Å². The number of pyridine rings is 1. The fraction of sp³-hybridized carbons (Fsp3) is 0.217. The Morgan fingerprint density at radius 2 is 2.12 bits per heavy atom. The van der Waals surface area contributed by atoms with Crippen LogP contribution in [0.5, 0.6) is 0 Å². The van der Waals surface area contributed by atoms with Gasteiger partial charge in [-0.1, -0.05) is 11.2 Å². The fourth-order valence-corrected chi connectivity index (χ4v) is 4.29. The summed E-state index contributed by atoms with van der Waals surface area (Å²) >= 11 is 0. The predicted molar refractivity (Wildman–Crippen MR) is 116 cm³/mol. The molecule has 1 unspecified atom stereocenters. The van der Waals surface area contributed by atoms with Crippen LogP contribution in [0.4, 0.5) is 4.39 Å². The number of halogens is 1. The Morgan fingerprint density at radius 3 is 2.88 bits per heavy atom. The molecule has 5 aromatic rings. The molecule has 34 heavy (non-hydrogen) atoms. The number of aromatic nitrogens is 6. The minimum absolute atomic E-state index is 0.0224. The first kappa shape index (κ1) is 20.2. The molecule has 0 N–H and O–H groups in total. The third kappa shape index (κ3) is 3.07. The van der Waals surface area contributed by atoms with Crippen LogP contribution in [0.25, 0.3) is 28.1 Å². The van der Waals surface area contributed by atoms with Gasteiger partial charge in [0.15, 0.2) is 11.5 Å². The lowest BCUT2D eigenvalue weighted by Gasteiger charge is -2.14. The van der Waals surface area contributed by atoms with Gasteiger partial charge >= 0.3 is 0 Å². The van der Waals surface area contributed by atoms with Crippen molar-refractivity contribution < 1.29 is 13.7 Å². The Morgan fingerprint density at radius 1 is 1.21 bits per heavy atom. The molecule has 5 heterocycles. The van der Waals surface area contributed by atoms with E-state index in [1.54, 1.807) is 24.4 Å². The number of nitriles is 1. The number of imidazole rings is 1. The first-order chi connectivity index (χ1) is 16.7. The lowest BCUT2D eigenvalue weighted by atomic mass is 10.1. The van der Waals surface area contributed by atoms with E-state index in [-0.39, 0.29) is 40.6 Å². The minimum atomic E-state index is -0.718. The van der Waals surface area contributed by atoms with Crippen LogP contribution in [0.2, 0.25) is 0 Å². The van der Waals surface area contributed by atoms with E-state index in [2.05, 4.69) is 20.1 Å². The molecule has 1 aromatic carbocycles. The average molecular weight is 457 g/mol. The number of nitrogens with zero attached hydrogens (tertiary/aromatic N) is 7. The SMILES string of the molecule is N#Cc1c(F)ccc2c1n(Cc1ccccn1)c(=O)c1c(-c3nc(C4CCOC4)no3)ncn12. The van der Waals surface area contributed by atoms with Crippen molar-refractivity contribution in [3.63, 3.8) is 0 Å². The molecular weight excluding hydrogens is 441 g/mol. The highest BCUT2D eigenvalue weighted by atomic mass is 19.1. The summed E-state index contributed by atoms with van der Waals surface area (Å²) in [5, 5.41) is 13.7. The molecule has 10 nitrogen and oxygen atoms in total. The fourth-order valence-electron chi connectivity index (χ4n) is 4.29. The topological polar surface area (TPSA) is 124 Å². The van der Waals surface area contributed by atoms with Crippen molar-refractivity contribution in [2.24, 2.45) is 0 Å². The van der Waals surface area contributed by atoms with Crippen molar-refractivity contribution in [3.05, 3.63) is 76.1 Å². The maximum atomic E-state index is 14.6. The van der Waals surface area contributed by atoms with Gasteiger partial charge in [-0.15, -0.1) is 0 Å². The van der Waals surface area contributed by atoms with Crippen LogP contribution in [0.1, 0.15) is 29.4 Å². The highest BCUT2D eigenvalue weighted by molar-refractivity contribution is 5.87. The molecule has 1 aliphatic heterocycles. The number of benzene rings is 1. The molecule has 168 valence electrons. The van der Waals surface area contributed by atoms with E-state index in [9.17, 15) is 14.4 Å². The van der Waals surface area contributed by atoms with Crippen LogP contribution in [0.3, 0.4) is 0 Å². The lowest BCUT2D eigenvalue weighted by molar-refractivity contribution is 0.192.